The number of urea groups is 1. The van der Waals surface area contributed by atoms with E-state index in [0.29, 0.717) is 13.0 Å². The molecule has 1 aromatic carbocycles. The third-order valence-electron chi connectivity index (χ3n) is 3.82. The molecule has 0 saturated carbocycles. The first kappa shape index (κ1) is 18.4. The highest BCUT2D eigenvalue weighted by molar-refractivity contribution is 5.74. The van der Waals surface area contributed by atoms with Crippen LogP contribution in [0.25, 0.3) is 0 Å². The van der Waals surface area contributed by atoms with Gasteiger partial charge in [-0.25, -0.2) is 9.18 Å². The van der Waals surface area contributed by atoms with Crippen LogP contribution in [0.2, 0.25) is 0 Å². The van der Waals surface area contributed by atoms with E-state index in [1.54, 1.807) is 31.0 Å². The monoisotopic (exact) mass is 310 g/mol. The second-order valence-electron chi connectivity index (χ2n) is 6.71. The van der Waals surface area contributed by atoms with Crippen LogP contribution in [-0.2, 0) is 0 Å². The van der Waals surface area contributed by atoms with Crippen molar-refractivity contribution in [1.29, 1.82) is 0 Å². The van der Waals surface area contributed by atoms with E-state index in [4.69, 9.17) is 0 Å². The Morgan fingerprint density at radius 3 is 2.36 bits per heavy atom. The van der Waals surface area contributed by atoms with E-state index >= 15 is 0 Å². The van der Waals surface area contributed by atoms with Crippen molar-refractivity contribution in [3.8, 4) is 0 Å². The molecule has 0 aliphatic carbocycles. The number of carbonyl (C=O) groups excluding carboxylic acids is 1. The summed E-state index contributed by atoms with van der Waals surface area (Å²) in [6, 6.07) is 5.81. The molecule has 2 amide bonds. The number of aliphatic hydroxyl groups is 1. The minimum Gasteiger partial charge on any atom is -0.393 e. The van der Waals surface area contributed by atoms with Crippen LogP contribution in [0.15, 0.2) is 24.3 Å². The number of nitrogens with zero attached hydrogens (tertiary/aromatic N) is 1. The SMILES string of the molecule is CC(O)CC(C)(C)CNC(=O)N(C)C(C)c1ccc(F)cc1. The number of halogens is 1. The molecule has 0 radical (unpaired) electrons. The summed E-state index contributed by atoms with van der Waals surface area (Å²) in [5, 5.41) is 12.4. The molecule has 2 N–H and O–H groups in total. The predicted molar refractivity (Wildman–Crippen MR) is 86.1 cm³/mol. The average molecular weight is 310 g/mol. The van der Waals surface area contributed by atoms with Gasteiger partial charge in [-0.3, -0.25) is 0 Å². The number of hydrogen-bond acceptors (Lipinski definition) is 2. The molecule has 0 heterocycles. The van der Waals surface area contributed by atoms with Gasteiger partial charge < -0.3 is 15.3 Å². The summed E-state index contributed by atoms with van der Waals surface area (Å²) in [7, 11) is 1.71. The van der Waals surface area contributed by atoms with Crippen LogP contribution in [-0.4, -0.2) is 35.7 Å². The Bertz CT molecular complexity index is 486. The predicted octanol–water partition coefficient (Wildman–Crippen LogP) is 3.33. The van der Waals surface area contributed by atoms with E-state index in [1.165, 1.54) is 12.1 Å². The Kier molecular flexibility index (Phi) is 6.35. The zero-order valence-corrected chi connectivity index (χ0v) is 14.1. The quantitative estimate of drug-likeness (QED) is 0.847. The molecule has 0 aliphatic heterocycles. The van der Waals surface area contributed by atoms with E-state index in [-0.39, 0.29) is 23.3 Å². The molecule has 0 fully saturated rings. The Hall–Kier alpha value is -1.62. The molecule has 0 saturated heterocycles. The van der Waals surface area contributed by atoms with Gasteiger partial charge in [0, 0.05) is 13.6 Å². The first-order chi connectivity index (χ1) is 10.1. The summed E-state index contributed by atoms with van der Waals surface area (Å²) in [4.78, 5) is 13.8. The number of rotatable bonds is 6. The van der Waals surface area contributed by atoms with E-state index in [2.05, 4.69) is 5.32 Å². The van der Waals surface area contributed by atoms with E-state index in [1.807, 2.05) is 20.8 Å². The maximum absolute atomic E-state index is 13.0. The first-order valence-electron chi connectivity index (χ1n) is 7.56. The van der Waals surface area contributed by atoms with Crippen molar-refractivity contribution >= 4 is 6.03 Å². The van der Waals surface area contributed by atoms with E-state index in [9.17, 15) is 14.3 Å². The van der Waals surface area contributed by atoms with Gasteiger partial charge >= 0.3 is 6.03 Å². The first-order valence-corrected chi connectivity index (χ1v) is 7.56. The van der Waals surface area contributed by atoms with Crippen LogP contribution in [0.1, 0.15) is 45.7 Å². The van der Waals surface area contributed by atoms with Gasteiger partial charge in [-0.05, 0) is 43.4 Å². The zero-order chi connectivity index (χ0) is 16.9. The van der Waals surface area contributed by atoms with Crippen molar-refractivity contribution in [2.45, 2.75) is 46.3 Å². The Morgan fingerprint density at radius 1 is 1.32 bits per heavy atom. The number of benzene rings is 1. The molecule has 0 aliphatic rings. The molecular formula is C17H27FN2O2. The lowest BCUT2D eigenvalue weighted by molar-refractivity contribution is 0.126. The lowest BCUT2D eigenvalue weighted by atomic mass is 9.87. The Labute approximate surface area is 132 Å². The zero-order valence-electron chi connectivity index (χ0n) is 14.1. The lowest BCUT2D eigenvalue weighted by Crippen LogP contribution is -2.43. The Balaban J connectivity index is 2.59. The molecule has 22 heavy (non-hydrogen) atoms. The minimum absolute atomic E-state index is 0.152. The maximum Gasteiger partial charge on any atom is 0.317 e. The molecule has 1 rings (SSSR count). The van der Waals surface area contributed by atoms with Gasteiger partial charge in [0.2, 0.25) is 0 Å². The minimum atomic E-state index is -0.400. The van der Waals surface area contributed by atoms with Gasteiger partial charge in [-0.15, -0.1) is 0 Å². The van der Waals surface area contributed by atoms with Gasteiger partial charge in [0.1, 0.15) is 5.82 Å². The molecule has 4 nitrogen and oxygen atoms in total. The highest BCUT2D eigenvalue weighted by Gasteiger charge is 2.23. The van der Waals surface area contributed by atoms with Crippen LogP contribution >= 0.6 is 0 Å². The van der Waals surface area contributed by atoms with Crippen LogP contribution in [0.3, 0.4) is 0 Å². The van der Waals surface area contributed by atoms with Crippen molar-refractivity contribution in [2.75, 3.05) is 13.6 Å². The fraction of sp³-hybridized carbons (Fsp3) is 0.588. The number of aliphatic hydroxyl groups excluding tert-OH is 1. The van der Waals surface area contributed by atoms with E-state index in [0.717, 1.165) is 5.56 Å². The summed E-state index contributed by atoms with van der Waals surface area (Å²) in [6.07, 6.45) is 0.215. The average Bonchev–Trinajstić information content (AvgIpc) is 2.42. The van der Waals surface area contributed by atoms with Crippen LogP contribution < -0.4 is 5.32 Å². The van der Waals surface area contributed by atoms with Gasteiger partial charge in [0.15, 0.2) is 0 Å². The molecule has 5 heteroatoms. The summed E-state index contributed by atoms with van der Waals surface area (Å²) in [6.45, 7) is 8.13. The highest BCUT2D eigenvalue weighted by atomic mass is 19.1. The van der Waals surface area contributed by atoms with Gasteiger partial charge in [-0.2, -0.15) is 0 Å². The third-order valence-corrected chi connectivity index (χ3v) is 3.82. The summed E-state index contributed by atoms with van der Waals surface area (Å²) < 4.78 is 13.0. The molecule has 0 bridgehead atoms. The van der Waals surface area contributed by atoms with Crippen molar-refractivity contribution in [1.82, 2.24) is 10.2 Å². The van der Waals surface area contributed by atoms with Gasteiger partial charge in [0.05, 0.1) is 12.1 Å². The van der Waals surface area contributed by atoms with Crippen molar-refractivity contribution in [3.05, 3.63) is 35.6 Å². The number of nitrogens with one attached hydrogen (secondary N) is 1. The van der Waals surface area contributed by atoms with Crippen LogP contribution in [0, 0.1) is 11.2 Å². The third kappa shape index (κ3) is 5.64. The lowest BCUT2D eigenvalue weighted by Gasteiger charge is -2.30. The molecule has 2 unspecified atom stereocenters. The highest BCUT2D eigenvalue weighted by Crippen LogP contribution is 2.22. The molecule has 0 spiro atoms. The number of hydrogen-bond donors (Lipinski definition) is 2. The van der Waals surface area contributed by atoms with E-state index < -0.39 is 6.10 Å². The van der Waals surface area contributed by atoms with Crippen LogP contribution in [0.4, 0.5) is 9.18 Å². The fourth-order valence-corrected chi connectivity index (χ4v) is 2.45. The van der Waals surface area contributed by atoms with Crippen molar-refractivity contribution < 1.29 is 14.3 Å². The van der Waals surface area contributed by atoms with Crippen molar-refractivity contribution in [2.24, 2.45) is 5.41 Å². The van der Waals surface area contributed by atoms with Gasteiger partial charge in [-0.1, -0.05) is 26.0 Å². The summed E-state index contributed by atoms with van der Waals surface area (Å²) >= 11 is 0. The standard InChI is InChI=1S/C17H27FN2O2/c1-12(21)10-17(3,4)11-19-16(22)20(5)13(2)14-6-8-15(18)9-7-14/h6-9,12-13,21H,10-11H2,1-5H3,(H,19,22). The molecule has 2 atom stereocenters. The maximum atomic E-state index is 13.0. The summed E-state index contributed by atoms with van der Waals surface area (Å²) in [5.74, 6) is -0.289. The smallest absolute Gasteiger partial charge is 0.317 e. The van der Waals surface area contributed by atoms with Gasteiger partial charge in [0.25, 0.3) is 0 Å². The number of carbonyl (C=O) groups is 1. The normalized spacial score (nSPS) is 14.3. The fourth-order valence-electron chi connectivity index (χ4n) is 2.45. The van der Waals surface area contributed by atoms with Crippen LogP contribution in [0.5, 0.6) is 0 Å². The largest absolute Gasteiger partial charge is 0.393 e. The number of amides is 2. The topological polar surface area (TPSA) is 52.6 Å². The molecule has 0 aromatic heterocycles. The molecular weight excluding hydrogens is 283 g/mol. The second kappa shape index (κ2) is 7.58. The molecule has 124 valence electrons. The van der Waals surface area contributed by atoms with Crippen molar-refractivity contribution in [3.63, 3.8) is 0 Å². The second-order valence-corrected chi connectivity index (χ2v) is 6.71. The molecule has 1 aromatic rings. The summed E-state index contributed by atoms with van der Waals surface area (Å²) in [5.41, 5.74) is 0.700. The Morgan fingerprint density at radius 2 is 1.86 bits per heavy atom.